The topological polar surface area (TPSA) is 63.7 Å². The highest BCUT2D eigenvalue weighted by Gasteiger charge is 2.15. The van der Waals surface area contributed by atoms with Crippen LogP contribution in [0.15, 0.2) is 22.7 Å². The lowest BCUT2D eigenvalue weighted by molar-refractivity contribution is 0.0600. The van der Waals surface area contributed by atoms with Crippen LogP contribution < -0.4 is 4.31 Å². The number of hydrogen-bond donors (Lipinski definition) is 0. The smallest absolute Gasteiger partial charge is 0.337 e. The zero-order valence-electron chi connectivity index (χ0n) is 9.60. The Balaban J connectivity index is 3.28. The van der Waals surface area contributed by atoms with Gasteiger partial charge >= 0.3 is 5.97 Å². The first kappa shape index (κ1) is 14.0. The van der Waals surface area contributed by atoms with E-state index >= 15 is 0 Å². The first-order valence-electron chi connectivity index (χ1n) is 4.58. The Morgan fingerprint density at radius 1 is 1.35 bits per heavy atom. The molecular formula is C10H12BrNO4S. The molecule has 0 aliphatic heterocycles. The quantitative estimate of drug-likeness (QED) is 0.794. The van der Waals surface area contributed by atoms with E-state index in [-0.39, 0.29) is 5.56 Å². The molecule has 1 rings (SSSR count). The molecule has 0 fully saturated rings. The van der Waals surface area contributed by atoms with Crippen LogP contribution in [-0.2, 0) is 14.8 Å². The SMILES string of the molecule is COC(=O)c1cc(Br)cc(N(C)S(C)(=O)=O)c1. The highest BCUT2D eigenvalue weighted by molar-refractivity contribution is 9.10. The van der Waals surface area contributed by atoms with E-state index in [9.17, 15) is 13.2 Å². The number of ether oxygens (including phenoxy) is 1. The molecule has 0 unspecified atom stereocenters. The Hall–Kier alpha value is -1.08. The van der Waals surface area contributed by atoms with E-state index in [4.69, 9.17) is 0 Å². The molecule has 0 bridgehead atoms. The van der Waals surface area contributed by atoms with Gasteiger partial charge in [0.25, 0.3) is 0 Å². The molecular weight excluding hydrogens is 310 g/mol. The van der Waals surface area contributed by atoms with Crippen molar-refractivity contribution in [3.63, 3.8) is 0 Å². The zero-order chi connectivity index (χ0) is 13.2. The minimum atomic E-state index is -3.36. The number of nitrogens with zero attached hydrogens (tertiary/aromatic N) is 1. The number of halogens is 1. The number of hydrogen-bond acceptors (Lipinski definition) is 4. The van der Waals surface area contributed by atoms with Gasteiger partial charge in [-0.15, -0.1) is 0 Å². The van der Waals surface area contributed by atoms with E-state index in [0.29, 0.717) is 10.2 Å². The summed E-state index contributed by atoms with van der Waals surface area (Å²) in [6, 6.07) is 4.62. The van der Waals surface area contributed by atoms with Crippen LogP contribution in [-0.4, -0.2) is 34.8 Å². The summed E-state index contributed by atoms with van der Waals surface area (Å²) in [5, 5.41) is 0. The standard InChI is InChI=1S/C10H12BrNO4S/c1-12(17(3,14)15)9-5-7(10(13)16-2)4-8(11)6-9/h4-6H,1-3H3. The summed E-state index contributed by atoms with van der Waals surface area (Å²) in [4.78, 5) is 11.4. The summed E-state index contributed by atoms with van der Waals surface area (Å²) >= 11 is 3.22. The minimum Gasteiger partial charge on any atom is -0.465 e. The average Bonchev–Trinajstić information content (AvgIpc) is 2.24. The number of rotatable bonds is 3. The van der Waals surface area contributed by atoms with E-state index in [1.807, 2.05) is 0 Å². The van der Waals surface area contributed by atoms with Crippen molar-refractivity contribution in [2.45, 2.75) is 0 Å². The van der Waals surface area contributed by atoms with Crippen molar-refractivity contribution in [1.29, 1.82) is 0 Å². The normalized spacial score (nSPS) is 11.1. The van der Waals surface area contributed by atoms with Crippen LogP contribution in [0.5, 0.6) is 0 Å². The van der Waals surface area contributed by atoms with Gasteiger partial charge in [-0.05, 0) is 18.2 Å². The third kappa shape index (κ3) is 3.44. The largest absolute Gasteiger partial charge is 0.465 e. The second-order valence-electron chi connectivity index (χ2n) is 3.42. The fourth-order valence-corrected chi connectivity index (χ4v) is 2.15. The van der Waals surface area contributed by atoms with Gasteiger partial charge in [0.2, 0.25) is 10.0 Å². The lowest BCUT2D eigenvalue weighted by Crippen LogP contribution is -2.25. The number of carbonyl (C=O) groups excluding carboxylic acids is 1. The Morgan fingerprint density at radius 3 is 2.41 bits per heavy atom. The van der Waals surface area contributed by atoms with Crippen molar-refractivity contribution in [1.82, 2.24) is 0 Å². The Morgan fingerprint density at radius 2 is 1.94 bits per heavy atom. The lowest BCUT2D eigenvalue weighted by Gasteiger charge is -2.17. The van der Waals surface area contributed by atoms with Gasteiger partial charge in [0.15, 0.2) is 0 Å². The summed E-state index contributed by atoms with van der Waals surface area (Å²) in [5.74, 6) is -0.519. The van der Waals surface area contributed by atoms with Crippen LogP contribution in [0.4, 0.5) is 5.69 Å². The maximum atomic E-state index is 11.4. The molecule has 5 nitrogen and oxygen atoms in total. The van der Waals surface area contributed by atoms with Crippen LogP contribution >= 0.6 is 15.9 Å². The summed E-state index contributed by atoms with van der Waals surface area (Å²) in [7, 11) is -0.680. The summed E-state index contributed by atoms with van der Waals surface area (Å²) < 4.78 is 29.1. The van der Waals surface area contributed by atoms with Gasteiger partial charge in [0.1, 0.15) is 0 Å². The van der Waals surface area contributed by atoms with E-state index < -0.39 is 16.0 Å². The molecule has 7 heteroatoms. The Kier molecular flexibility index (Phi) is 4.16. The summed E-state index contributed by atoms with van der Waals surface area (Å²) in [5.41, 5.74) is 0.676. The molecule has 0 saturated heterocycles. The van der Waals surface area contributed by atoms with Gasteiger partial charge in [-0.1, -0.05) is 15.9 Å². The minimum absolute atomic E-state index is 0.285. The lowest BCUT2D eigenvalue weighted by atomic mass is 10.2. The highest BCUT2D eigenvalue weighted by atomic mass is 79.9. The number of methoxy groups -OCH3 is 1. The van der Waals surface area contributed by atoms with Crippen LogP contribution in [0, 0.1) is 0 Å². The number of benzene rings is 1. The third-order valence-corrected chi connectivity index (χ3v) is 3.83. The van der Waals surface area contributed by atoms with Gasteiger partial charge in [-0.25, -0.2) is 13.2 Å². The van der Waals surface area contributed by atoms with Crippen molar-refractivity contribution in [3.8, 4) is 0 Å². The van der Waals surface area contributed by atoms with Crippen molar-refractivity contribution in [2.75, 3.05) is 24.7 Å². The number of anilines is 1. The predicted octanol–water partition coefficient (Wildman–Crippen LogP) is 1.63. The summed E-state index contributed by atoms with van der Waals surface area (Å²) in [6.07, 6.45) is 1.09. The molecule has 94 valence electrons. The first-order chi connectivity index (χ1) is 7.75. The fraction of sp³-hybridized carbons (Fsp3) is 0.300. The van der Waals surface area contributed by atoms with Gasteiger partial charge in [0, 0.05) is 11.5 Å². The van der Waals surface area contributed by atoms with Crippen molar-refractivity contribution >= 4 is 37.6 Å². The molecule has 0 heterocycles. The molecule has 0 aliphatic rings. The number of carbonyl (C=O) groups is 1. The van der Waals surface area contributed by atoms with Gasteiger partial charge < -0.3 is 4.74 Å². The average molecular weight is 322 g/mol. The zero-order valence-corrected chi connectivity index (χ0v) is 12.0. The first-order valence-corrected chi connectivity index (χ1v) is 7.22. The van der Waals surface area contributed by atoms with Crippen LogP contribution in [0.2, 0.25) is 0 Å². The van der Waals surface area contributed by atoms with E-state index in [1.165, 1.54) is 20.2 Å². The van der Waals surface area contributed by atoms with E-state index in [1.54, 1.807) is 12.1 Å². The number of esters is 1. The predicted molar refractivity (Wildman–Crippen MR) is 68.7 cm³/mol. The molecule has 17 heavy (non-hydrogen) atoms. The van der Waals surface area contributed by atoms with Gasteiger partial charge in [-0.3, -0.25) is 4.31 Å². The monoisotopic (exact) mass is 321 g/mol. The molecule has 0 saturated carbocycles. The molecule has 0 amide bonds. The van der Waals surface area contributed by atoms with Gasteiger partial charge in [0.05, 0.1) is 24.6 Å². The molecule has 0 N–H and O–H groups in total. The van der Waals surface area contributed by atoms with E-state index in [0.717, 1.165) is 10.6 Å². The van der Waals surface area contributed by atoms with Gasteiger partial charge in [-0.2, -0.15) is 0 Å². The van der Waals surface area contributed by atoms with Crippen LogP contribution in [0.1, 0.15) is 10.4 Å². The second kappa shape index (κ2) is 5.05. The fourth-order valence-electron chi connectivity index (χ4n) is 1.18. The van der Waals surface area contributed by atoms with Crippen molar-refractivity contribution < 1.29 is 17.9 Å². The summed E-state index contributed by atoms with van der Waals surface area (Å²) in [6.45, 7) is 0. The third-order valence-electron chi connectivity index (χ3n) is 2.16. The van der Waals surface area contributed by atoms with Crippen LogP contribution in [0.3, 0.4) is 0 Å². The van der Waals surface area contributed by atoms with Crippen molar-refractivity contribution in [3.05, 3.63) is 28.2 Å². The van der Waals surface area contributed by atoms with E-state index in [2.05, 4.69) is 20.7 Å². The molecule has 0 aliphatic carbocycles. The Bertz CT molecular complexity index is 541. The second-order valence-corrected chi connectivity index (χ2v) is 6.35. The van der Waals surface area contributed by atoms with Crippen LogP contribution in [0.25, 0.3) is 0 Å². The molecule has 0 aromatic heterocycles. The molecule has 0 atom stereocenters. The van der Waals surface area contributed by atoms with Crippen molar-refractivity contribution in [2.24, 2.45) is 0 Å². The Labute approximate surface area is 109 Å². The molecule has 0 radical (unpaired) electrons. The maximum absolute atomic E-state index is 11.4. The number of sulfonamides is 1. The molecule has 1 aromatic carbocycles. The molecule has 0 spiro atoms. The maximum Gasteiger partial charge on any atom is 0.337 e. The molecule has 1 aromatic rings. The highest BCUT2D eigenvalue weighted by Crippen LogP contribution is 2.24.